The smallest absolute Gasteiger partial charge is 0.324 e. The van der Waals surface area contributed by atoms with E-state index < -0.39 is 29.2 Å². The van der Waals surface area contributed by atoms with E-state index in [4.69, 9.17) is 5.73 Å². The van der Waals surface area contributed by atoms with Gasteiger partial charge in [-0.05, 0) is 18.6 Å². The number of benzene rings is 1. The van der Waals surface area contributed by atoms with Crippen LogP contribution in [-0.4, -0.2) is 0 Å². The Labute approximate surface area is 97.0 Å². The predicted octanol–water partition coefficient (Wildman–Crippen LogP) is 3.68. The molecule has 6 heteroatoms. The average Bonchev–Trinajstić information content (AvgIpc) is 2.15. The van der Waals surface area contributed by atoms with Crippen molar-refractivity contribution in [3.8, 4) is 0 Å². The Morgan fingerprint density at radius 3 is 2.31 bits per heavy atom. The van der Waals surface area contributed by atoms with Crippen LogP contribution in [0.15, 0.2) is 18.2 Å². The van der Waals surface area contributed by atoms with Gasteiger partial charge in [-0.1, -0.05) is 13.0 Å². The second-order valence-electron chi connectivity index (χ2n) is 3.21. The van der Waals surface area contributed by atoms with Crippen molar-refractivity contribution in [3.05, 3.63) is 35.1 Å². The van der Waals surface area contributed by atoms with Gasteiger partial charge >= 0.3 is 6.18 Å². The van der Waals surface area contributed by atoms with Crippen molar-refractivity contribution in [1.29, 1.82) is 0 Å². The van der Waals surface area contributed by atoms with E-state index in [1.807, 2.05) is 0 Å². The van der Waals surface area contributed by atoms with Gasteiger partial charge in [-0.15, -0.1) is 12.4 Å². The number of hydrogen-bond acceptors (Lipinski definition) is 1. The summed E-state index contributed by atoms with van der Waals surface area (Å²) in [4.78, 5) is 0. The first-order valence-corrected chi connectivity index (χ1v) is 4.49. The first-order valence-electron chi connectivity index (χ1n) is 4.49. The molecular formula is C10H12ClF4N. The summed E-state index contributed by atoms with van der Waals surface area (Å²) in [6, 6.07) is 1.93. The molecule has 0 amide bonds. The highest BCUT2D eigenvalue weighted by Gasteiger charge is 2.35. The van der Waals surface area contributed by atoms with Crippen molar-refractivity contribution in [3.63, 3.8) is 0 Å². The van der Waals surface area contributed by atoms with Gasteiger partial charge in [0.1, 0.15) is 5.82 Å². The Bertz CT molecular complexity index is 351. The van der Waals surface area contributed by atoms with E-state index in [1.54, 1.807) is 6.92 Å². The van der Waals surface area contributed by atoms with Gasteiger partial charge in [-0.2, -0.15) is 13.2 Å². The molecule has 92 valence electrons. The molecule has 0 bridgehead atoms. The molecule has 1 nitrogen and oxygen atoms in total. The molecule has 16 heavy (non-hydrogen) atoms. The third kappa shape index (κ3) is 3.09. The lowest BCUT2D eigenvalue weighted by Gasteiger charge is -2.17. The van der Waals surface area contributed by atoms with Gasteiger partial charge < -0.3 is 5.73 Å². The summed E-state index contributed by atoms with van der Waals surface area (Å²) in [6.07, 6.45) is -4.31. The average molecular weight is 258 g/mol. The Kier molecular flexibility index (Phi) is 5.22. The van der Waals surface area contributed by atoms with Crippen molar-refractivity contribution >= 4 is 12.4 Å². The fraction of sp³-hybridized carbons (Fsp3) is 0.400. The standard InChI is InChI=1S/C10H11F4N.ClH/c1-2-8(15)9-6(10(12,13)14)4-3-5-7(9)11;/h3-5,8H,2,15H2,1H3;1H/t8-;/m0./s1. The van der Waals surface area contributed by atoms with Crippen LogP contribution >= 0.6 is 12.4 Å². The van der Waals surface area contributed by atoms with Crippen LogP contribution < -0.4 is 5.73 Å². The van der Waals surface area contributed by atoms with E-state index in [1.165, 1.54) is 0 Å². The van der Waals surface area contributed by atoms with Gasteiger partial charge in [-0.25, -0.2) is 4.39 Å². The third-order valence-corrected chi connectivity index (χ3v) is 2.17. The molecule has 0 radical (unpaired) electrons. The zero-order valence-electron chi connectivity index (χ0n) is 8.51. The maximum Gasteiger partial charge on any atom is 0.416 e. The van der Waals surface area contributed by atoms with E-state index in [2.05, 4.69) is 0 Å². The SMILES string of the molecule is CC[C@H](N)c1c(F)cccc1C(F)(F)F.Cl. The third-order valence-electron chi connectivity index (χ3n) is 2.17. The lowest BCUT2D eigenvalue weighted by molar-refractivity contribution is -0.138. The minimum atomic E-state index is -4.57. The predicted molar refractivity (Wildman–Crippen MR) is 55.9 cm³/mol. The molecule has 1 aromatic rings. The number of halogens is 5. The zero-order chi connectivity index (χ0) is 11.6. The van der Waals surface area contributed by atoms with E-state index in [0.717, 1.165) is 18.2 Å². The molecule has 0 aromatic heterocycles. The topological polar surface area (TPSA) is 26.0 Å². The molecule has 0 aliphatic heterocycles. The summed E-state index contributed by atoms with van der Waals surface area (Å²) in [5.41, 5.74) is 4.01. The van der Waals surface area contributed by atoms with Crippen molar-refractivity contribution in [1.82, 2.24) is 0 Å². The molecule has 1 aromatic carbocycles. The molecule has 1 rings (SSSR count). The minimum Gasteiger partial charge on any atom is -0.324 e. The van der Waals surface area contributed by atoms with Gasteiger partial charge in [0.15, 0.2) is 0 Å². The summed E-state index contributed by atoms with van der Waals surface area (Å²) in [5.74, 6) is -0.904. The van der Waals surface area contributed by atoms with E-state index in [0.29, 0.717) is 0 Å². The first-order chi connectivity index (χ1) is 6.88. The monoisotopic (exact) mass is 257 g/mol. The summed E-state index contributed by atoms with van der Waals surface area (Å²) in [5, 5.41) is 0. The molecule has 0 unspecified atom stereocenters. The van der Waals surface area contributed by atoms with Gasteiger partial charge in [0.25, 0.3) is 0 Å². The molecule has 1 atom stereocenters. The summed E-state index contributed by atoms with van der Waals surface area (Å²) in [7, 11) is 0. The molecule has 0 heterocycles. The van der Waals surface area contributed by atoms with Crippen LogP contribution in [-0.2, 0) is 6.18 Å². The zero-order valence-corrected chi connectivity index (χ0v) is 9.33. The van der Waals surface area contributed by atoms with Crippen LogP contribution in [0.3, 0.4) is 0 Å². The Hall–Kier alpha value is -0.810. The highest BCUT2D eigenvalue weighted by atomic mass is 35.5. The maximum absolute atomic E-state index is 13.2. The van der Waals surface area contributed by atoms with Gasteiger partial charge in [-0.3, -0.25) is 0 Å². The van der Waals surface area contributed by atoms with Gasteiger partial charge in [0, 0.05) is 11.6 Å². The van der Waals surface area contributed by atoms with Crippen molar-refractivity contribution < 1.29 is 17.6 Å². The summed E-state index contributed by atoms with van der Waals surface area (Å²) < 4.78 is 50.7. The van der Waals surface area contributed by atoms with Crippen molar-refractivity contribution in [2.75, 3.05) is 0 Å². The molecule has 0 aliphatic rings. The number of nitrogens with two attached hydrogens (primary N) is 1. The van der Waals surface area contributed by atoms with E-state index in [9.17, 15) is 17.6 Å². The molecule has 0 saturated heterocycles. The number of alkyl halides is 3. The first kappa shape index (κ1) is 15.2. The fourth-order valence-corrected chi connectivity index (χ4v) is 1.37. The Morgan fingerprint density at radius 2 is 1.88 bits per heavy atom. The Balaban J connectivity index is 0.00000225. The van der Waals surface area contributed by atoms with Crippen molar-refractivity contribution in [2.45, 2.75) is 25.6 Å². The molecule has 0 fully saturated rings. The Morgan fingerprint density at radius 1 is 1.31 bits per heavy atom. The van der Waals surface area contributed by atoms with Crippen LogP contribution in [0.5, 0.6) is 0 Å². The maximum atomic E-state index is 13.2. The lowest BCUT2D eigenvalue weighted by Crippen LogP contribution is -2.18. The molecule has 2 N–H and O–H groups in total. The van der Waals surface area contributed by atoms with Crippen LogP contribution in [0.4, 0.5) is 17.6 Å². The van der Waals surface area contributed by atoms with Crippen LogP contribution in [0.1, 0.15) is 30.5 Å². The molecule has 0 saturated carbocycles. The van der Waals surface area contributed by atoms with Crippen LogP contribution in [0, 0.1) is 5.82 Å². The molecular weight excluding hydrogens is 246 g/mol. The minimum absolute atomic E-state index is 0. The lowest BCUT2D eigenvalue weighted by atomic mass is 9.98. The largest absolute Gasteiger partial charge is 0.416 e. The van der Waals surface area contributed by atoms with Crippen LogP contribution in [0.25, 0.3) is 0 Å². The number of hydrogen-bond donors (Lipinski definition) is 1. The fourth-order valence-electron chi connectivity index (χ4n) is 1.37. The van der Waals surface area contributed by atoms with E-state index >= 15 is 0 Å². The normalized spacial score (nSPS) is 13.1. The van der Waals surface area contributed by atoms with Crippen molar-refractivity contribution in [2.24, 2.45) is 5.73 Å². The second-order valence-corrected chi connectivity index (χ2v) is 3.21. The summed E-state index contributed by atoms with van der Waals surface area (Å²) in [6.45, 7) is 1.61. The highest BCUT2D eigenvalue weighted by molar-refractivity contribution is 5.85. The quantitative estimate of drug-likeness (QED) is 0.804. The van der Waals surface area contributed by atoms with Gasteiger partial charge in [0.05, 0.1) is 5.56 Å². The highest BCUT2D eigenvalue weighted by Crippen LogP contribution is 2.35. The van der Waals surface area contributed by atoms with Crippen LogP contribution in [0.2, 0.25) is 0 Å². The second kappa shape index (κ2) is 5.50. The summed E-state index contributed by atoms with van der Waals surface area (Å²) >= 11 is 0. The van der Waals surface area contributed by atoms with E-state index in [-0.39, 0.29) is 18.8 Å². The number of rotatable bonds is 2. The van der Waals surface area contributed by atoms with Gasteiger partial charge in [0.2, 0.25) is 0 Å². The molecule has 0 aliphatic carbocycles. The molecule has 0 spiro atoms.